The fourth-order valence-corrected chi connectivity index (χ4v) is 3.25. The average molecular weight is 447 g/mol. The molecular formula is C19H15Cl4NO3. The Balaban J connectivity index is 2.37. The zero-order valence-electron chi connectivity index (χ0n) is 14.4. The summed E-state index contributed by atoms with van der Waals surface area (Å²) >= 11 is 25.1. The van der Waals surface area contributed by atoms with Gasteiger partial charge >= 0.3 is 0 Å². The Bertz CT molecular complexity index is 852. The second kappa shape index (κ2) is 9.52. The molecule has 2 aromatic rings. The zero-order chi connectivity index (χ0) is 20.1. The Morgan fingerprint density at radius 3 is 2.04 bits per heavy atom. The van der Waals surface area contributed by atoms with E-state index in [2.05, 4.69) is 0 Å². The molecule has 0 aliphatic rings. The van der Waals surface area contributed by atoms with E-state index in [0.29, 0.717) is 12.2 Å². The van der Waals surface area contributed by atoms with Crippen LogP contribution in [-0.2, 0) is 4.79 Å². The number of para-hydroxylation sites is 1. The first-order valence-electron chi connectivity index (χ1n) is 8.00. The molecular weight excluding hydrogens is 432 g/mol. The molecule has 0 N–H and O–H groups in total. The van der Waals surface area contributed by atoms with Gasteiger partial charge in [0, 0.05) is 0 Å². The van der Waals surface area contributed by atoms with Crippen LogP contribution in [0.5, 0.6) is 17.2 Å². The summed E-state index contributed by atoms with van der Waals surface area (Å²) in [6, 6.07) is 10.8. The van der Waals surface area contributed by atoms with Crippen LogP contribution in [0.1, 0.15) is 20.3 Å². The molecule has 0 radical (unpaired) electrons. The number of nitrogens with zero attached hydrogens (tertiary/aromatic N) is 1. The van der Waals surface area contributed by atoms with Crippen LogP contribution in [-0.4, -0.2) is 11.9 Å². The standard InChI is InChI=1S/C19H15Cl4NO3/c1-3-11(9-24)17(25)10(2)26-18-13(20)15(22)19(16(23)14(18)21)27-12-7-5-4-6-8-12/h4-8,10-11H,3H2,1-2H3. The summed E-state index contributed by atoms with van der Waals surface area (Å²) in [5.74, 6) is -0.643. The lowest BCUT2D eigenvalue weighted by molar-refractivity contribution is -0.127. The van der Waals surface area contributed by atoms with Gasteiger partial charge < -0.3 is 9.47 Å². The third-order valence-corrected chi connectivity index (χ3v) is 5.38. The number of carbonyl (C=O) groups excluding carboxylic acids is 1. The third kappa shape index (κ3) is 4.80. The van der Waals surface area contributed by atoms with E-state index in [1.54, 1.807) is 31.2 Å². The van der Waals surface area contributed by atoms with Gasteiger partial charge in [0.15, 0.2) is 23.4 Å². The molecule has 0 spiro atoms. The van der Waals surface area contributed by atoms with Gasteiger partial charge in [-0.25, -0.2) is 0 Å². The number of benzene rings is 2. The number of carbonyl (C=O) groups is 1. The normalized spacial score (nSPS) is 12.8. The topological polar surface area (TPSA) is 59.3 Å². The number of hydrogen-bond acceptors (Lipinski definition) is 4. The van der Waals surface area contributed by atoms with Crippen molar-refractivity contribution >= 4 is 52.2 Å². The zero-order valence-corrected chi connectivity index (χ0v) is 17.5. The molecule has 0 saturated carbocycles. The minimum atomic E-state index is -0.961. The Morgan fingerprint density at radius 2 is 1.56 bits per heavy atom. The van der Waals surface area contributed by atoms with Crippen molar-refractivity contribution in [2.45, 2.75) is 26.4 Å². The molecule has 0 aromatic heterocycles. The largest absolute Gasteiger partial charge is 0.480 e. The van der Waals surface area contributed by atoms with Gasteiger partial charge in [-0.1, -0.05) is 71.5 Å². The minimum absolute atomic E-state index is 0.00288. The van der Waals surface area contributed by atoms with E-state index in [0.717, 1.165) is 0 Å². The van der Waals surface area contributed by atoms with Crippen LogP contribution in [0.15, 0.2) is 30.3 Å². The highest BCUT2D eigenvalue weighted by atomic mass is 35.5. The summed E-state index contributed by atoms with van der Waals surface area (Å²) in [6.45, 7) is 3.24. The van der Waals surface area contributed by atoms with Crippen molar-refractivity contribution in [2.75, 3.05) is 0 Å². The molecule has 0 aliphatic heterocycles. The molecule has 0 aliphatic carbocycles. The van der Waals surface area contributed by atoms with Crippen molar-refractivity contribution in [1.82, 2.24) is 0 Å². The summed E-state index contributed by atoms with van der Waals surface area (Å²) in [5.41, 5.74) is 0. The van der Waals surface area contributed by atoms with Gasteiger partial charge in [-0.3, -0.25) is 4.79 Å². The van der Waals surface area contributed by atoms with Crippen molar-refractivity contribution in [3.63, 3.8) is 0 Å². The Kier molecular flexibility index (Phi) is 7.64. The first-order valence-corrected chi connectivity index (χ1v) is 9.51. The molecule has 2 rings (SSSR count). The van der Waals surface area contributed by atoms with Gasteiger partial charge in [-0.05, 0) is 25.5 Å². The fraction of sp³-hybridized carbons (Fsp3) is 0.263. The van der Waals surface area contributed by atoms with E-state index in [1.807, 2.05) is 12.1 Å². The molecule has 2 atom stereocenters. The second-order valence-electron chi connectivity index (χ2n) is 5.58. The molecule has 4 nitrogen and oxygen atoms in total. The van der Waals surface area contributed by atoms with E-state index in [-0.39, 0.29) is 37.4 Å². The SMILES string of the molecule is CCC(C#N)C(=O)C(C)Oc1c(Cl)c(Cl)c(Oc2ccccc2)c(Cl)c1Cl. The predicted octanol–water partition coefficient (Wildman–Crippen LogP) is 6.98. The molecule has 0 saturated heterocycles. The van der Waals surface area contributed by atoms with E-state index in [9.17, 15) is 4.79 Å². The average Bonchev–Trinajstić information content (AvgIpc) is 2.68. The van der Waals surface area contributed by atoms with Crippen molar-refractivity contribution in [3.05, 3.63) is 50.4 Å². The Labute approximate surface area is 177 Å². The van der Waals surface area contributed by atoms with E-state index >= 15 is 0 Å². The van der Waals surface area contributed by atoms with Crippen LogP contribution in [0.2, 0.25) is 20.1 Å². The van der Waals surface area contributed by atoms with Gasteiger partial charge in [0.1, 0.15) is 31.8 Å². The molecule has 0 heterocycles. The number of rotatable bonds is 7. The van der Waals surface area contributed by atoms with Gasteiger partial charge in [0.2, 0.25) is 0 Å². The highest BCUT2D eigenvalue weighted by Gasteiger charge is 2.28. The predicted molar refractivity (Wildman–Crippen MR) is 107 cm³/mol. The maximum atomic E-state index is 12.3. The van der Waals surface area contributed by atoms with Gasteiger partial charge in [0.05, 0.1) is 6.07 Å². The van der Waals surface area contributed by atoms with Crippen LogP contribution in [0.4, 0.5) is 0 Å². The van der Waals surface area contributed by atoms with E-state index in [1.165, 1.54) is 6.92 Å². The van der Waals surface area contributed by atoms with Crippen molar-refractivity contribution in [3.8, 4) is 23.3 Å². The lowest BCUT2D eigenvalue weighted by Crippen LogP contribution is -2.29. The number of nitriles is 1. The lowest BCUT2D eigenvalue weighted by atomic mass is 9.99. The third-order valence-electron chi connectivity index (χ3n) is 3.75. The fourth-order valence-electron chi connectivity index (χ4n) is 2.27. The maximum Gasteiger partial charge on any atom is 0.190 e. The lowest BCUT2D eigenvalue weighted by Gasteiger charge is -2.20. The molecule has 2 unspecified atom stereocenters. The van der Waals surface area contributed by atoms with Crippen LogP contribution >= 0.6 is 46.4 Å². The first kappa shape index (κ1) is 21.7. The molecule has 0 bridgehead atoms. The summed E-state index contributed by atoms with van der Waals surface area (Å²) in [6.07, 6.45) is -0.590. The number of ether oxygens (including phenoxy) is 2. The second-order valence-corrected chi connectivity index (χ2v) is 7.09. The van der Waals surface area contributed by atoms with Crippen LogP contribution in [0, 0.1) is 17.2 Å². The molecule has 8 heteroatoms. The van der Waals surface area contributed by atoms with Gasteiger partial charge in [-0.15, -0.1) is 0 Å². The Hall–Kier alpha value is -1.64. The highest BCUT2D eigenvalue weighted by molar-refractivity contribution is 6.50. The van der Waals surface area contributed by atoms with Crippen molar-refractivity contribution in [2.24, 2.45) is 5.92 Å². The van der Waals surface area contributed by atoms with E-state index < -0.39 is 12.0 Å². The minimum Gasteiger partial charge on any atom is -0.480 e. The monoisotopic (exact) mass is 445 g/mol. The van der Waals surface area contributed by atoms with Crippen LogP contribution < -0.4 is 9.47 Å². The van der Waals surface area contributed by atoms with Crippen molar-refractivity contribution < 1.29 is 14.3 Å². The number of Topliss-reactive ketones (excluding diaryl/α,β-unsaturated/α-hetero) is 1. The van der Waals surface area contributed by atoms with Crippen molar-refractivity contribution in [1.29, 1.82) is 5.26 Å². The first-order chi connectivity index (χ1) is 12.8. The summed E-state index contributed by atoms with van der Waals surface area (Å²) in [5, 5.41) is 8.96. The molecule has 2 aromatic carbocycles. The summed E-state index contributed by atoms with van der Waals surface area (Å²) < 4.78 is 11.3. The summed E-state index contributed by atoms with van der Waals surface area (Å²) in [4.78, 5) is 12.3. The number of hydrogen-bond donors (Lipinski definition) is 0. The highest BCUT2D eigenvalue weighted by Crippen LogP contribution is 2.51. The molecule has 142 valence electrons. The number of ketones is 1. The Morgan fingerprint density at radius 1 is 1.04 bits per heavy atom. The quantitative estimate of drug-likeness (QED) is 0.430. The van der Waals surface area contributed by atoms with Gasteiger partial charge in [-0.2, -0.15) is 5.26 Å². The van der Waals surface area contributed by atoms with Gasteiger partial charge in [0.25, 0.3) is 0 Å². The van der Waals surface area contributed by atoms with E-state index in [4.69, 9.17) is 61.1 Å². The molecule has 27 heavy (non-hydrogen) atoms. The van der Waals surface area contributed by atoms with Crippen LogP contribution in [0.3, 0.4) is 0 Å². The van der Waals surface area contributed by atoms with Crippen LogP contribution in [0.25, 0.3) is 0 Å². The summed E-state index contributed by atoms with van der Waals surface area (Å²) in [7, 11) is 0. The molecule has 0 amide bonds. The molecule has 0 fully saturated rings. The smallest absolute Gasteiger partial charge is 0.190 e. The maximum absolute atomic E-state index is 12.3. The number of halogens is 4.